The molecule has 132 valence electrons. The van der Waals surface area contributed by atoms with Gasteiger partial charge < -0.3 is 14.8 Å². The zero-order valence-corrected chi connectivity index (χ0v) is 14.2. The van der Waals surface area contributed by atoms with Crippen LogP contribution in [0.4, 0.5) is 8.78 Å². The van der Waals surface area contributed by atoms with Gasteiger partial charge in [0.05, 0.1) is 20.3 Å². The van der Waals surface area contributed by atoms with Crippen molar-refractivity contribution in [3.05, 3.63) is 65.2 Å². The summed E-state index contributed by atoms with van der Waals surface area (Å²) in [4.78, 5) is 12.0. The monoisotopic (exact) mass is 347 g/mol. The van der Waals surface area contributed by atoms with Crippen LogP contribution in [0.15, 0.2) is 42.5 Å². The SMILES string of the molecule is COc1ccc(/C=C/C(=O)N[C@@H](C)c2ccc(F)cc2F)c(OC)c1. The van der Waals surface area contributed by atoms with Crippen molar-refractivity contribution in [3.63, 3.8) is 0 Å². The summed E-state index contributed by atoms with van der Waals surface area (Å²) in [5.74, 6) is -0.575. The minimum absolute atomic E-state index is 0.213. The molecule has 0 aliphatic carbocycles. The lowest BCUT2D eigenvalue weighted by atomic mass is 10.1. The molecule has 0 heterocycles. The minimum Gasteiger partial charge on any atom is -0.497 e. The quantitative estimate of drug-likeness (QED) is 0.807. The lowest BCUT2D eigenvalue weighted by molar-refractivity contribution is -0.117. The van der Waals surface area contributed by atoms with Gasteiger partial charge in [-0.2, -0.15) is 0 Å². The van der Waals surface area contributed by atoms with Gasteiger partial charge in [0.15, 0.2) is 0 Å². The summed E-state index contributed by atoms with van der Waals surface area (Å²) in [6.45, 7) is 1.62. The van der Waals surface area contributed by atoms with E-state index in [1.54, 1.807) is 38.3 Å². The summed E-state index contributed by atoms with van der Waals surface area (Å²) >= 11 is 0. The number of ether oxygens (including phenoxy) is 2. The Labute approximate surface area is 145 Å². The molecule has 0 aliphatic heterocycles. The Balaban J connectivity index is 2.08. The van der Waals surface area contributed by atoms with Gasteiger partial charge in [0, 0.05) is 29.3 Å². The molecule has 0 bridgehead atoms. The molecule has 2 rings (SSSR count). The summed E-state index contributed by atoms with van der Waals surface area (Å²) in [7, 11) is 3.07. The van der Waals surface area contributed by atoms with Crippen molar-refractivity contribution in [1.29, 1.82) is 0 Å². The number of carbonyl (C=O) groups excluding carboxylic acids is 1. The van der Waals surface area contributed by atoms with Gasteiger partial charge in [-0.1, -0.05) is 6.07 Å². The van der Waals surface area contributed by atoms with Crippen LogP contribution < -0.4 is 14.8 Å². The van der Waals surface area contributed by atoms with Gasteiger partial charge in [0.2, 0.25) is 5.91 Å². The molecule has 1 N–H and O–H groups in total. The van der Waals surface area contributed by atoms with E-state index in [-0.39, 0.29) is 5.56 Å². The van der Waals surface area contributed by atoms with Gasteiger partial charge in [0.1, 0.15) is 23.1 Å². The molecule has 0 saturated heterocycles. The fourth-order valence-corrected chi connectivity index (χ4v) is 2.31. The number of amides is 1. The van der Waals surface area contributed by atoms with Crippen LogP contribution in [0.3, 0.4) is 0 Å². The number of carbonyl (C=O) groups is 1. The maximum absolute atomic E-state index is 13.7. The van der Waals surface area contributed by atoms with E-state index in [2.05, 4.69) is 5.32 Å². The second kappa shape index (κ2) is 8.28. The average Bonchev–Trinajstić information content (AvgIpc) is 2.59. The Hall–Kier alpha value is -2.89. The number of benzene rings is 2. The van der Waals surface area contributed by atoms with Crippen LogP contribution >= 0.6 is 0 Å². The smallest absolute Gasteiger partial charge is 0.244 e. The Morgan fingerprint density at radius 2 is 1.88 bits per heavy atom. The Bertz CT molecular complexity index is 790. The Morgan fingerprint density at radius 1 is 1.12 bits per heavy atom. The van der Waals surface area contributed by atoms with Crippen molar-refractivity contribution >= 4 is 12.0 Å². The minimum atomic E-state index is -0.700. The van der Waals surface area contributed by atoms with Gasteiger partial charge >= 0.3 is 0 Å². The summed E-state index contributed by atoms with van der Waals surface area (Å²) in [5, 5.41) is 2.63. The molecule has 0 aromatic heterocycles. The molecule has 2 aromatic carbocycles. The van der Waals surface area contributed by atoms with Crippen LogP contribution in [0.2, 0.25) is 0 Å². The lowest BCUT2D eigenvalue weighted by Crippen LogP contribution is -2.25. The topological polar surface area (TPSA) is 47.6 Å². The third-order valence-electron chi connectivity index (χ3n) is 3.64. The highest BCUT2D eigenvalue weighted by molar-refractivity contribution is 5.92. The summed E-state index contributed by atoms with van der Waals surface area (Å²) in [6.07, 6.45) is 2.91. The van der Waals surface area contributed by atoms with Crippen LogP contribution in [0.5, 0.6) is 11.5 Å². The molecule has 1 atom stereocenters. The molecule has 25 heavy (non-hydrogen) atoms. The third-order valence-corrected chi connectivity index (χ3v) is 3.64. The molecular formula is C19H19F2NO3. The zero-order chi connectivity index (χ0) is 18.4. The molecule has 4 nitrogen and oxygen atoms in total. The summed E-state index contributed by atoms with van der Waals surface area (Å²) in [6, 6.07) is 7.85. The van der Waals surface area contributed by atoms with E-state index in [1.807, 2.05) is 0 Å². The van der Waals surface area contributed by atoms with Crippen molar-refractivity contribution < 1.29 is 23.0 Å². The molecule has 0 aliphatic rings. The first-order valence-corrected chi connectivity index (χ1v) is 7.60. The van der Waals surface area contributed by atoms with Crippen molar-refractivity contribution in [2.75, 3.05) is 14.2 Å². The maximum atomic E-state index is 13.7. The van der Waals surface area contributed by atoms with Crippen LogP contribution in [0.25, 0.3) is 6.08 Å². The average molecular weight is 347 g/mol. The van der Waals surface area contributed by atoms with E-state index >= 15 is 0 Å². The molecule has 2 aromatic rings. The van der Waals surface area contributed by atoms with Crippen LogP contribution in [0, 0.1) is 11.6 Å². The summed E-state index contributed by atoms with van der Waals surface area (Å²) < 4.78 is 37.0. The van der Waals surface area contributed by atoms with Gasteiger partial charge in [0.25, 0.3) is 0 Å². The van der Waals surface area contributed by atoms with Crippen molar-refractivity contribution in [2.45, 2.75) is 13.0 Å². The third kappa shape index (κ3) is 4.79. The number of hydrogen-bond donors (Lipinski definition) is 1. The van der Waals surface area contributed by atoms with E-state index in [4.69, 9.17) is 9.47 Å². The molecule has 0 fully saturated rings. The highest BCUT2D eigenvalue weighted by Crippen LogP contribution is 2.25. The number of halogens is 2. The van der Waals surface area contributed by atoms with Crippen LogP contribution in [-0.2, 0) is 4.79 Å². The van der Waals surface area contributed by atoms with Gasteiger partial charge in [-0.05, 0) is 31.2 Å². The second-order valence-electron chi connectivity index (χ2n) is 5.34. The van der Waals surface area contributed by atoms with E-state index in [1.165, 1.54) is 19.3 Å². The molecular weight excluding hydrogens is 328 g/mol. The van der Waals surface area contributed by atoms with Crippen molar-refractivity contribution in [3.8, 4) is 11.5 Å². The first-order valence-electron chi connectivity index (χ1n) is 7.60. The predicted octanol–water partition coefficient (Wildman–Crippen LogP) is 3.87. The molecule has 0 saturated carbocycles. The lowest BCUT2D eigenvalue weighted by Gasteiger charge is -2.14. The molecule has 0 unspecified atom stereocenters. The highest BCUT2D eigenvalue weighted by atomic mass is 19.1. The predicted molar refractivity (Wildman–Crippen MR) is 91.5 cm³/mol. The normalized spacial score (nSPS) is 12.0. The van der Waals surface area contributed by atoms with Gasteiger partial charge in [-0.3, -0.25) is 4.79 Å². The molecule has 6 heteroatoms. The first-order chi connectivity index (χ1) is 11.9. The summed E-state index contributed by atoms with van der Waals surface area (Å²) in [5.41, 5.74) is 0.907. The van der Waals surface area contributed by atoms with Gasteiger partial charge in [-0.15, -0.1) is 0 Å². The molecule has 1 amide bonds. The van der Waals surface area contributed by atoms with Crippen LogP contribution in [0.1, 0.15) is 24.1 Å². The standard InChI is InChI=1S/C19H19F2NO3/c1-12(16-8-6-14(20)10-17(16)21)22-19(23)9-5-13-4-7-15(24-2)11-18(13)25-3/h4-12H,1-3H3,(H,22,23)/b9-5+/t12-/m0/s1. The number of methoxy groups -OCH3 is 2. The van der Waals surface area contributed by atoms with Crippen molar-refractivity contribution in [1.82, 2.24) is 5.32 Å². The fraction of sp³-hybridized carbons (Fsp3) is 0.211. The van der Waals surface area contributed by atoms with Crippen molar-refractivity contribution in [2.24, 2.45) is 0 Å². The number of hydrogen-bond acceptors (Lipinski definition) is 3. The van der Waals surface area contributed by atoms with E-state index in [0.717, 1.165) is 12.1 Å². The van der Waals surface area contributed by atoms with Crippen LogP contribution in [-0.4, -0.2) is 20.1 Å². The van der Waals surface area contributed by atoms with E-state index in [0.29, 0.717) is 17.1 Å². The Kier molecular flexibility index (Phi) is 6.11. The van der Waals surface area contributed by atoms with Gasteiger partial charge in [-0.25, -0.2) is 8.78 Å². The fourth-order valence-electron chi connectivity index (χ4n) is 2.31. The Morgan fingerprint density at radius 3 is 2.52 bits per heavy atom. The molecule has 0 spiro atoms. The highest BCUT2D eigenvalue weighted by Gasteiger charge is 2.13. The molecule has 0 radical (unpaired) electrons. The number of rotatable bonds is 6. The number of nitrogens with one attached hydrogen (secondary N) is 1. The zero-order valence-electron chi connectivity index (χ0n) is 14.2. The maximum Gasteiger partial charge on any atom is 0.244 e. The first kappa shape index (κ1) is 18.4. The van der Waals surface area contributed by atoms with E-state index in [9.17, 15) is 13.6 Å². The van der Waals surface area contributed by atoms with E-state index < -0.39 is 23.6 Å². The second-order valence-corrected chi connectivity index (χ2v) is 5.34. The largest absolute Gasteiger partial charge is 0.497 e.